The number of anilines is 1. The van der Waals surface area contributed by atoms with Gasteiger partial charge in [0.1, 0.15) is 5.82 Å². The van der Waals surface area contributed by atoms with Gasteiger partial charge in [0, 0.05) is 11.8 Å². The largest absolute Gasteiger partial charge is 0.348 e. The first kappa shape index (κ1) is 14.2. The fourth-order valence-electron chi connectivity index (χ4n) is 1.72. The molecule has 0 bridgehead atoms. The topological polar surface area (TPSA) is 99.8 Å². The normalized spacial score (nSPS) is 11.9. The molecule has 0 saturated heterocycles. The Hall–Kier alpha value is -2.22. The van der Waals surface area contributed by atoms with Crippen molar-refractivity contribution in [1.82, 2.24) is 20.5 Å². The monoisotopic (exact) mass is 293 g/mol. The lowest BCUT2D eigenvalue weighted by atomic mass is 10.1. The van der Waals surface area contributed by atoms with E-state index in [9.17, 15) is 9.59 Å². The van der Waals surface area contributed by atoms with Crippen molar-refractivity contribution >= 4 is 29.1 Å². The zero-order valence-corrected chi connectivity index (χ0v) is 12.0. The second kappa shape index (κ2) is 6.29. The number of amides is 2. The Labute approximate surface area is 119 Å². The van der Waals surface area contributed by atoms with Crippen molar-refractivity contribution in [3.8, 4) is 0 Å². The zero-order chi connectivity index (χ0) is 14.5. The number of aromatic nitrogens is 3. The molecule has 3 N–H and O–H groups in total. The van der Waals surface area contributed by atoms with Crippen molar-refractivity contribution in [2.75, 3.05) is 5.32 Å². The number of carbonyl (C=O) groups is 2. The first-order chi connectivity index (χ1) is 9.54. The Kier molecular flexibility index (Phi) is 4.46. The van der Waals surface area contributed by atoms with Crippen LogP contribution in [-0.4, -0.2) is 27.0 Å². The van der Waals surface area contributed by atoms with Crippen LogP contribution in [0.1, 0.15) is 30.1 Å². The van der Waals surface area contributed by atoms with E-state index >= 15 is 0 Å². The van der Waals surface area contributed by atoms with Crippen molar-refractivity contribution in [3.63, 3.8) is 0 Å². The van der Waals surface area contributed by atoms with Crippen LogP contribution in [0.25, 0.3) is 0 Å². The van der Waals surface area contributed by atoms with E-state index in [4.69, 9.17) is 0 Å². The molecule has 1 unspecified atom stereocenters. The van der Waals surface area contributed by atoms with Gasteiger partial charge in [0.05, 0.1) is 12.5 Å². The fourth-order valence-corrected chi connectivity index (χ4v) is 2.50. The molecule has 2 aromatic rings. The molecule has 2 rings (SSSR count). The second-order valence-electron chi connectivity index (χ2n) is 4.27. The molecule has 8 heteroatoms. The van der Waals surface area contributed by atoms with Crippen molar-refractivity contribution in [3.05, 3.63) is 28.2 Å². The summed E-state index contributed by atoms with van der Waals surface area (Å²) >= 11 is 1.49. The lowest BCUT2D eigenvalue weighted by Gasteiger charge is -2.15. The van der Waals surface area contributed by atoms with E-state index in [1.165, 1.54) is 18.3 Å². The Balaban J connectivity index is 2.00. The molecule has 2 amide bonds. The first-order valence-corrected chi connectivity index (χ1v) is 6.92. The molecular weight excluding hydrogens is 278 g/mol. The molecule has 0 aliphatic rings. The van der Waals surface area contributed by atoms with E-state index in [-0.39, 0.29) is 30.2 Å². The number of hydrogen-bond acceptors (Lipinski definition) is 5. The van der Waals surface area contributed by atoms with Crippen molar-refractivity contribution < 1.29 is 9.59 Å². The van der Waals surface area contributed by atoms with Gasteiger partial charge in [-0.3, -0.25) is 20.0 Å². The van der Waals surface area contributed by atoms with Crippen LogP contribution in [0.2, 0.25) is 0 Å². The molecule has 0 radical (unpaired) electrons. The van der Waals surface area contributed by atoms with Gasteiger partial charge in [-0.15, -0.1) is 16.4 Å². The first-order valence-electron chi connectivity index (χ1n) is 6.04. The van der Waals surface area contributed by atoms with E-state index in [1.807, 2.05) is 17.5 Å². The van der Waals surface area contributed by atoms with Gasteiger partial charge in [-0.2, -0.15) is 4.98 Å². The van der Waals surface area contributed by atoms with Gasteiger partial charge < -0.3 is 5.32 Å². The smallest absolute Gasteiger partial charge is 0.248 e. The summed E-state index contributed by atoms with van der Waals surface area (Å²) in [6.07, 6.45) is 0.133. The molecule has 7 nitrogen and oxygen atoms in total. The number of carbonyl (C=O) groups excluding carboxylic acids is 2. The van der Waals surface area contributed by atoms with Crippen LogP contribution in [0.15, 0.2) is 17.5 Å². The highest BCUT2D eigenvalue weighted by molar-refractivity contribution is 7.10. The number of aromatic amines is 1. The molecule has 0 fully saturated rings. The van der Waals surface area contributed by atoms with E-state index in [2.05, 4.69) is 25.8 Å². The standard InChI is InChI=1S/C12H15N5O2S/c1-7-13-12(17-16-7)15-11(19)6-9(14-8(2)18)10-4-3-5-20-10/h3-5,9H,6H2,1-2H3,(H,14,18)(H2,13,15,16,17,19). The highest BCUT2D eigenvalue weighted by atomic mass is 32.1. The third-order valence-corrected chi connectivity index (χ3v) is 3.49. The number of hydrogen-bond donors (Lipinski definition) is 3. The van der Waals surface area contributed by atoms with Gasteiger partial charge in [0.2, 0.25) is 17.8 Å². The summed E-state index contributed by atoms with van der Waals surface area (Å²) in [6.45, 7) is 3.17. The van der Waals surface area contributed by atoms with Crippen molar-refractivity contribution in [2.45, 2.75) is 26.3 Å². The van der Waals surface area contributed by atoms with Gasteiger partial charge in [0.25, 0.3) is 0 Å². The van der Waals surface area contributed by atoms with Gasteiger partial charge in [0.15, 0.2) is 0 Å². The number of thiophene rings is 1. The minimum Gasteiger partial charge on any atom is -0.348 e. The van der Waals surface area contributed by atoms with E-state index in [0.29, 0.717) is 5.82 Å². The third kappa shape index (κ3) is 3.89. The molecule has 2 aromatic heterocycles. The predicted octanol–water partition coefficient (Wildman–Crippen LogP) is 1.38. The number of aryl methyl sites for hydroxylation is 1. The van der Waals surface area contributed by atoms with Crippen LogP contribution < -0.4 is 10.6 Å². The Morgan fingerprint density at radius 2 is 2.30 bits per heavy atom. The maximum Gasteiger partial charge on any atom is 0.248 e. The maximum absolute atomic E-state index is 12.0. The minimum atomic E-state index is -0.340. The average molecular weight is 293 g/mol. The van der Waals surface area contributed by atoms with E-state index in [1.54, 1.807) is 6.92 Å². The summed E-state index contributed by atoms with van der Waals surface area (Å²) in [4.78, 5) is 28.1. The lowest BCUT2D eigenvalue weighted by molar-refractivity contribution is -0.120. The summed E-state index contributed by atoms with van der Waals surface area (Å²) < 4.78 is 0. The van der Waals surface area contributed by atoms with Crippen molar-refractivity contribution in [1.29, 1.82) is 0 Å². The molecule has 20 heavy (non-hydrogen) atoms. The number of nitrogens with one attached hydrogen (secondary N) is 3. The highest BCUT2D eigenvalue weighted by Crippen LogP contribution is 2.22. The van der Waals surface area contributed by atoms with Crippen LogP contribution >= 0.6 is 11.3 Å². The van der Waals surface area contributed by atoms with E-state index in [0.717, 1.165) is 4.88 Å². The lowest BCUT2D eigenvalue weighted by Crippen LogP contribution is -2.29. The molecular formula is C12H15N5O2S. The summed E-state index contributed by atoms with van der Waals surface area (Å²) in [7, 11) is 0. The molecule has 0 spiro atoms. The van der Waals surface area contributed by atoms with Crippen LogP contribution in [0.5, 0.6) is 0 Å². The SMILES string of the molecule is CC(=O)NC(CC(=O)Nc1n[nH]c(C)n1)c1cccs1. The molecule has 0 aromatic carbocycles. The average Bonchev–Trinajstić information content (AvgIpc) is 2.99. The van der Waals surface area contributed by atoms with E-state index < -0.39 is 0 Å². The van der Waals surface area contributed by atoms with Crippen LogP contribution in [0.4, 0.5) is 5.95 Å². The Morgan fingerprint density at radius 1 is 1.50 bits per heavy atom. The summed E-state index contributed by atoms with van der Waals surface area (Å²) in [6, 6.07) is 3.42. The highest BCUT2D eigenvalue weighted by Gasteiger charge is 2.18. The Bertz CT molecular complexity index is 593. The number of nitrogens with zero attached hydrogens (tertiary/aromatic N) is 2. The molecule has 2 heterocycles. The van der Waals surface area contributed by atoms with Crippen LogP contribution in [0.3, 0.4) is 0 Å². The fraction of sp³-hybridized carbons (Fsp3) is 0.333. The third-order valence-electron chi connectivity index (χ3n) is 2.50. The summed E-state index contributed by atoms with van der Waals surface area (Å²) in [5.74, 6) is 0.429. The quantitative estimate of drug-likeness (QED) is 0.775. The molecule has 0 aliphatic carbocycles. The molecule has 1 atom stereocenters. The van der Waals surface area contributed by atoms with Gasteiger partial charge in [-0.25, -0.2) is 0 Å². The summed E-state index contributed by atoms with van der Waals surface area (Å²) in [5, 5.41) is 13.7. The van der Waals surface area contributed by atoms with Crippen LogP contribution in [-0.2, 0) is 9.59 Å². The molecule has 0 saturated carbocycles. The second-order valence-corrected chi connectivity index (χ2v) is 5.24. The number of H-pyrrole nitrogens is 1. The van der Waals surface area contributed by atoms with Gasteiger partial charge >= 0.3 is 0 Å². The molecule has 0 aliphatic heterocycles. The van der Waals surface area contributed by atoms with Gasteiger partial charge in [-0.05, 0) is 18.4 Å². The minimum absolute atomic E-state index is 0.133. The predicted molar refractivity (Wildman–Crippen MR) is 75.2 cm³/mol. The van der Waals surface area contributed by atoms with Crippen LogP contribution in [0, 0.1) is 6.92 Å². The summed E-state index contributed by atoms with van der Waals surface area (Å²) in [5.41, 5.74) is 0. The number of rotatable bonds is 5. The van der Waals surface area contributed by atoms with Crippen molar-refractivity contribution in [2.24, 2.45) is 0 Å². The zero-order valence-electron chi connectivity index (χ0n) is 11.1. The Morgan fingerprint density at radius 3 is 2.85 bits per heavy atom. The maximum atomic E-state index is 12.0. The molecule has 106 valence electrons. The van der Waals surface area contributed by atoms with Gasteiger partial charge in [-0.1, -0.05) is 6.07 Å².